The van der Waals surface area contributed by atoms with Crippen molar-refractivity contribution >= 4 is 35.1 Å². The Bertz CT molecular complexity index is 635. The summed E-state index contributed by atoms with van der Waals surface area (Å²) < 4.78 is 9.64. The largest absolute Gasteiger partial charge is 0.404 e. The van der Waals surface area contributed by atoms with Crippen molar-refractivity contribution in [1.29, 1.82) is 0 Å². The highest BCUT2D eigenvalue weighted by Gasteiger charge is 2.11. The topological polar surface area (TPSA) is 77.3 Å². The van der Waals surface area contributed by atoms with Crippen molar-refractivity contribution < 1.29 is 19.1 Å². The van der Waals surface area contributed by atoms with Gasteiger partial charge < -0.3 is 9.47 Å². The van der Waals surface area contributed by atoms with Crippen LogP contribution in [0.2, 0.25) is 0 Å². The van der Waals surface area contributed by atoms with Crippen LogP contribution in [0.1, 0.15) is 0 Å². The minimum absolute atomic E-state index is 0.252. The smallest absolute Gasteiger partial charge is 0.337 e. The third-order valence-corrected chi connectivity index (χ3v) is 2.46. The maximum atomic E-state index is 10.9. The molecule has 0 N–H and O–H groups in total. The van der Waals surface area contributed by atoms with Gasteiger partial charge in [-0.2, -0.15) is 0 Å². The molecule has 2 aliphatic rings. The minimum Gasteiger partial charge on any atom is -0.404 e. The van der Waals surface area contributed by atoms with E-state index >= 15 is 0 Å². The monoisotopic (exact) mass is 268 g/mol. The Morgan fingerprint density at radius 1 is 0.650 bits per heavy atom. The minimum atomic E-state index is -0.429. The average molecular weight is 268 g/mol. The van der Waals surface area contributed by atoms with Crippen LogP contribution in [0.3, 0.4) is 0 Å². The SMILES string of the molecule is O=C1C=CC(=Nc2ccc(N=C3C=CC(=O)O3)cc2)O1. The summed E-state index contributed by atoms with van der Waals surface area (Å²) in [6, 6.07) is 6.86. The maximum Gasteiger partial charge on any atom is 0.337 e. The molecule has 0 unspecified atom stereocenters. The van der Waals surface area contributed by atoms with Gasteiger partial charge in [0.25, 0.3) is 0 Å². The molecule has 6 heteroatoms. The van der Waals surface area contributed by atoms with Crippen LogP contribution in [0.5, 0.6) is 0 Å². The van der Waals surface area contributed by atoms with Crippen LogP contribution in [-0.2, 0) is 19.1 Å². The molecular formula is C14H8N2O4. The summed E-state index contributed by atoms with van der Waals surface area (Å²) in [6.45, 7) is 0. The summed E-state index contributed by atoms with van der Waals surface area (Å²) in [5, 5.41) is 0. The van der Waals surface area contributed by atoms with Gasteiger partial charge in [-0.3, -0.25) is 0 Å². The van der Waals surface area contributed by atoms with Gasteiger partial charge in [-0.25, -0.2) is 19.6 Å². The molecule has 0 atom stereocenters. The quantitative estimate of drug-likeness (QED) is 0.768. The molecule has 0 aromatic heterocycles. The van der Waals surface area contributed by atoms with Gasteiger partial charge in [0.05, 0.1) is 11.4 Å². The van der Waals surface area contributed by atoms with E-state index in [1.54, 1.807) is 24.3 Å². The summed E-state index contributed by atoms with van der Waals surface area (Å²) >= 11 is 0. The van der Waals surface area contributed by atoms with E-state index in [0.29, 0.717) is 11.4 Å². The highest BCUT2D eigenvalue weighted by molar-refractivity contribution is 6.09. The molecule has 0 amide bonds. The number of rotatable bonds is 2. The van der Waals surface area contributed by atoms with Crippen molar-refractivity contribution in [2.45, 2.75) is 0 Å². The van der Waals surface area contributed by atoms with Crippen LogP contribution in [0.25, 0.3) is 0 Å². The lowest BCUT2D eigenvalue weighted by Gasteiger charge is -1.99. The van der Waals surface area contributed by atoms with Crippen molar-refractivity contribution in [1.82, 2.24) is 0 Å². The van der Waals surface area contributed by atoms with Gasteiger partial charge in [0.1, 0.15) is 0 Å². The number of cyclic esters (lactones) is 2. The third-order valence-electron chi connectivity index (χ3n) is 2.46. The van der Waals surface area contributed by atoms with E-state index in [1.165, 1.54) is 24.3 Å². The number of esters is 2. The second-order valence-corrected chi connectivity index (χ2v) is 3.93. The molecule has 6 nitrogen and oxygen atoms in total. The normalized spacial score (nSPS) is 20.8. The van der Waals surface area contributed by atoms with Crippen molar-refractivity contribution in [2.24, 2.45) is 9.98 Å². The number of aliphatic imine (C=N–C) groups is 2. The Morgan fingerprint density at radius 2 is 1.05 bits per heavy atom. The van der Waals surface area contributed by atoms with E-state index in [4.69, 9.17) is 9.47 Å². The summed E-state index contributed by atoms with van der Waals surface area (Å²) in [5.74, 6) is -0.355. The van der Waals surface area contributed by atoms with E-state index in [2.05, 4.69) is 9.98 Å². The van der Waals surface area contributed by atoms with Gasteiger partial charge in [-0.05, 0) is 24.3 Å². The number of nitrogens with zero attached hydrogens (tertiary/aromatic N) is 2. The van der Waals surface area contributed by atoms with Crippen molar-refractivity contribution in [2.75, 3.05) is 0 Å². The average Bonchev–Trinajstić information content (AvgIpc) is 3.01. The Labute approximate surface area is 113 Å². The van der Waals surface area contributed by atoms with Gasteiger partial charge >= 0.3 is 11.9 Å². The van der Waals surface area contributed by atoms with Crippen LogP contribution in [0.15, 0.2) is 58.6 Å². The van der Waals surface area contributed by atoms with E-state index in [9.17, 15) is 9.59 Å². The van der Waals surface area contributed by atoms with E-state index in [0.717, 1.165) is 0 Å². The summed E-state index contributed by atoms with van der Waals surface area (Å²) in [7, 11) is 0. The highest BCUT2D eigenvalue weighted by Crippen LogP contribution is 2.20. The molecule has 2 heterocycles. The van der Waals surface area contributed by atoms with Crippen LogP contribution in [0, 0.1) is 0 Å². The molecule has 0 aliphatic carbocycles. The summed E-state index contributed by atoms with van der Waals surface area (Å²) in [6.07, 6.45) is 5.61. The third kappa shape index (κ3) is 2.69. The first kappa shape index (κ1) is 12.0. The van der Waals surface area contributed by atoms with Crippen LogP contribution < -0.4 is 0 Å². The fourth-order valence-electron chi connectivity index (χ4n) is 1.60. The number of carbonyl (C=O) groups excluding carboxylic acids is 2. The Hall–Kier alpha value is -3.02. The zero-order chi connectivity index (χ0) is 13.9. The lowest BCUT2D eigenvalue weighted by Crippen LogP contribution is -1.98. The molecule has 3 rings (SSSR count). The standard InChI is InChI=1S/C14H8N2O4/c17-13-7-5-11(19-13)15-9-1-2-10(4-3-9)16-12-6-8-14(18)20-12/h1-8H. The number of hydrogen-bond donors (Lipinski definition) is 0. The van der Waals surface area contributed by atoms with Crippen molar-refractivity contribution in [3.05, 3.63) is 48.6 Å². The molecular weight excluding hydrogens is 260 g/mol. The van der Waals surface area contributed by atoms with Crippen LogP contribution in [0.4, 0.5) is 11.4 Å². The second kappa shape index (κ2) is 4.93. The van der Waals surface area contributed by atoms with Gasteiger partial charge in [-0.15, -0.1) is 0 Å². The molecule has 0 radical (unpaired) electrons. The molecule has 0 fully saturated rings. The number of carbonyl (C=O) groups is 2. The molecule has 0 spiro atoms. The molecule has 0 saturated carbocycles. The van der Waals surface area contributed by atoms with Crippen LogP contribution in [-0.4, -0.2) is 23.7 Å². The highest BCUT2D eigenvalue weighted by atomic mass is 16.5. The van der Waals surface area contributed by atoms with Crippen molar-refractivity contribution in [3.8, 4) is 0 Å². The Balaban J connectivity index is 1.75. The number of benzene rings is 1. The molecule has 0 saturated heterocycles. The van der Waals surface area contributed by atoms with Gasteiger partial charge in [0, 0.05) is 24.3 Å². The van der Waals surface area contributed by atoms with E-state index in [-0.39, 0.29) is 11.8 Å². The van der Waals surface area contributed by atoms with Gasteiger partial charge in [0.15, 0.2) is 0 Å². The molecule has 1 aromatic rings. The van der Waals surface area contributed by atoms with E-state index < -0.39 is 11.9 Å². The second-order valence-electron chi connectivity index (χ2n) is 3.93. The molecule has 1 aromatic carbocycles. The van der Waals surface area contributed by atoms with Crippen LogP contribution >= 0.6 is 0 Å². The lowest BCUT2D eigenvalue weighted by atomic mass is 10.3. The first-order chi connectivity index (χ1) is 9.69. The zero-order valence-electron chi connectivity index (χ0n) is 10.1. The zero-order valence-corrected chi connectivity index (χ0v) is 10.1. The van der Waals surface area contributed by atoms with Gasteiger partial charge in [0.2, 0.25) is 11.8 Å². The lowest BCUT2D eigenvalue weighted by molar-refractivity contribution is -0.130. The number of hydrogen-bond acceptors (Lipinski definition) is 6. The van der Waals surface area contributed by atoms with Crippen molar-refractivity contribution in [3.63, 3.8) is 0 Å². The first-order valence-electron chi connectivity index (χ1n) is 5.76. The fraction of sp³-hybridized carbons (Fsp3) is 0. The molecule has 20 heavy (non-hydrogen) atoms. The molecule has 98 valence electrons. The fourth-order valence-corrected chi connectivity index (χ4v) is 1.60. The maximum absolute atomic E-state index is 10.9. The Kier molecular flexibility index (Phi) is 2.96. The van der Waals surface area contributed by atoms with Gasteiger partial charge in [-0.1, -0.05) is 0 Å². The Morgan fingerprint density at radius 3 is 1.35 bits per heavy atom. The first-order valence-corrected chi connectivity index (χ1v) is 5.76. The van der Waals surface area contributed by atoms with E-state index in [1.807, 2.05) is 0 Å². The molecule has 2 aliphatic heterocycles. The summed E-state index contributed by atoms with van der Waals surface area (Å²) in [4.78, 5) is 30.0. The summed E-state index contributed by atoms with van der Waals surface area (Å²) in [5.41, 5.74) is 1.25. The predicted octanol–water partition coefficient (Wildman–Crippen LogP) is 1.97. The molecule has 0 bridgehead atoms. The predicted molar refractivity (Wildman–Crippen MR) is 71.1 cm³/mol. The number of ether oxygens (including phenoxy) is 2.